The van der Waals surface area contributed by atoms with Gasteiger partial charge >= 0.3 is 0 Å². The highest BCUT2D eigenvalue weighted by Crippen LogP contribution is 2.26. The lowest BCUT2D eigenvalue weighted by molar-refractivity contribution is -0.122. The summed E-state index contributed by atoms with van der Waals surface area (Å²) in [4.78, 5) is 27.1. The van der Waals surface area contributed by atoms with E-state index in [2.05, 4.69) is 5.32 Å². The number of aromatic nitrogens is 1. The van der Waals surface area contributed by atoms with Gasteiger partial charge in [0, 0.05) is 23.6 Å². The largest absolute Gasteiger partial charge is 0.508 e. The Morgan fingerprint density at radius 1 is 1.06 bits per heavy atom. The van der Waals surface area contributed by atoms with Gasteiger partial charge in [-0.15, -0.1) is 0 Å². The number of ether oxygens (including phenoxy) is 1. The van der Waals surface area contributed by atoms with Gasteiger partial charge in [-0.05, 0) is 73.7 Å². The Hall–Kier alpha value is -3.91. The summed E-state index contributed by atoms with van der Waals surface area (Å²) in [6.07, 6.45) is 3.32. The first-order valence-electron chi connectivity index (χ1n) is 9.59. The van der Waals surface area contributed by atoms with Crippen molar-refractivity contribution in [2.75, 3.05) is 11.5 Å². The van der Waals surface area contributed by atoms with E-state index in [0.717, 1.165) is 5.69 Å². The van der Waals surface area contributed by atoms with E-state index in [9.17, 15) is 14.7 Å². The van der Waals surface area contributed by atoms with Gasteiger partial charge in [0.25, 0.3) is 11.8 Å². The fourth-order valence-electron chi connectivity index (χ4n) is 3.28. The lowest BCUT2D eigenvalue weighted by Crippen LogP contribution is -2.54. The van der Waals surface area contributed by atoms with Gasteiger partial charge < -0.3 is 14.4 Å². The third-order valence-electron chi connectivity index (χ3n) is 4.69. The molecule has 1 saturated heterocycles. The topological polar surface area (TPSA) is 83.8 Å². The zero-order valence-electron chi connectivity index (χ0n) is 16.6. The number of carbonyl (C=O) groups is 2. The number of anilines is 1. The van der Waals surface area contributed by atoms with Gasteiger partial charge in [0.1, 0.15) is 17.1 Å². The number of hydrogen-bond donors (Lipinski definition) is 2. The fourth-order valence-corrected chi connectivity index (χ4v) is 3.56. The molecular weight excluding hydrogens is 414 g/mol. The molecule has 156 valence electrons. The van der Waals surface area contributed by atoms with E-state index in [4.69, 9.17) is 17.0 Å². The molecule has 0 aliphatic carbocycles. The fraction of sp³-hybridized carbons (Fsp3) is 0.0870. The number of phenols is 1. The summed E-state index contributed by atoms with van der Waals surface area (Å²) in [5.41, 5.74) is 1.85. The van der Waals surface area contributed by atoms with Gasteiger partial charge in [0.05, 0.1) is 12.3 Å². The van der Waals surface area contributed by atoms with E-state index in [1.807, 2.05) is 6.92 Å². The predicted octanol–water partition coefficient (Wildman–Crippen LogP) is 3.41. The van der Waals surface area contributed by atoms with Crippen LogP contribution in [0, 0.1) is 0 Å². The molecule has 3 aromatic rings. The zero-order chi connectivity index (χ0) is 22.0. The molecule has 31 heavy (non-hydrogen) atoms. The first kappa shape index (κ1) is 20.4. The van der Waals surface area contributed by atoms with Crippen molar-refractivity contribution in [3.8, 4) is 17.2 Å². The summed E-state index contributed by atoms with van der Waals surface area (Å²) in [5, 5.41) is 12.1. The monoisotopic (exact) mass is 433 g/mol. The van der Waals surface area contributed by atoms with Crippen LogP contribution in [0.5, 0.6) is 11.5 Å². The summed E-state index contributed by atoms with van der Waals surface area (Å²) in [7, 11) is 0. The number of nitrogens with one attached hydrogen (secondary N) is 1. The normalized spacial score (nSPS) is 15.3. The standard InChI is InChI=1S/C23H19N3O4S/c1-2-30-19-7-3-5-17(13-19)26-22(29)20(21(28)24-23(26)31)14-16-6-4-12-25(16)15-8-10-18(27)11-9-15/h3-14,27H,2H2,1H3,(H,24,28,31). The minimum absolute atomic E-state index is 0.00900. The van der Waals surface area contributed by atoms with Crippen molar-refractivity contribution in [1.82, 2.24) is 9.88 Å². The van der Waals surface area contributed by atoms with Crippen LogP contribution < -0.4 is 15.0 Å². The number of hydrogen-bond acceptors (Lipinski definition) is 5. The molecule has 0 saturated carbocycles. The second-order valence-electron chi connectivity index (χ2n) is 6.71. The van der Waals surface area contributed by atoms with Crippen molar-refractivity contribution in [3.05, 3.63) is 78.1 Å². The van der Waals surface area contributed by atoms with Crippen molar-refractivity contribution in [2.24, 2.45) is 0 Å². The van der Waals surface area contributed by atoms with Gasteiger partial charge in [0.2, 0.25) is 0 Å². The van der Waals surface area contributed by atoms with Crippen LogP contribution >= 0.6 is 12.2 Å². The average molecular weight is 433 g/mol. The van der Waals surface area contributed by atoms with Crippen molar-refractivity contribution >= 4 is 40.9 Å². The average Bonchev–Trinajstić information content (AvgIpc) is 3.20. The Morgan fingerprint density at radius 2 is 1.84 bits per heavy atom. The molecule has 1 aliphatic heterocycles. The first-order chi connectivity index (χ1) is 15.0. The molecule has 4 rings (SSSR count). The number of amides is 2. The lowest BCUT2D eigenvalue weighted by atomic mass is 10.1. The second-order valence-corrected chi connectivity index (χ2v) is 7.09. The molecule has 1 aromatic heterocycles. The van der Waals surface area contributed by atoms with Crippen LogP contribution in [0.4, 0.5) is 5.69 Å². The molecule has 2 amide bonds. The van der Waals surface area contributed by atoms with Crippen molar-refractivity contribution in [1.29, 1.82) is 0 Å². The Kier molecular flexibility index (Phi) is 5.55. The van der Waals surface area contributed by atoms with Crippen LogP contribution in [0.3, 0.4) is 0 Å². The van der Waals surface area contributed by atoms with Gasteiger partial charge in [-0.25, -0.2) is 0 Å². The summed E-state index contributed by atoms with van der Waals surface area (Å²) >= 11 is 5.26. The summed E-state index contributed by atoms with van der Waals surface area (Å²) in [5.74, 6) is -0.346. The Bertz CT molecular complexity index is 1200. The van der Waals surface area contributed by atoms with E-state index in [0.29, 0.717) is 23.7 Å². The number of rotatable bonds is 5. The zero-order valence-corrected chi connectivity index (χ0v) is 17.4. The number of phenolic OH excluding ortho intramolecular Hbond substituents is 1. The number of nitrogens with zero attached hydrogens (tertiary/aromatic N) is 2. The van der Waals surface area contributed by atoms with Crippen LogP contribution in [-0.2, 0) is 9.59 Å². The maximum absolute atomic E-state index is 13.3. The molecule has 0 unspecified atom stereocenters. The van der Waals surface area contributed by atoms with Crippen LogP contribution in [0.25, 0.3) is 11.8 Å². The molecular formula is C23H19N3O4S. The molecule has 7 nitrogen and oxygen atoms in total. The van der Waals surface area contributed by atoms with Crippen molar-refractivity contribution in [3.63, 3.8) is 0 Å². The maximum atomic E-state index is 13.3. The third-order valence-corrected chi connectivity index (χ3v) is 4.97. The van der Waals surface area contributed by atoms with E-state index in [1.54, 1.807) is 71.4 Å². The molecule has 0 radical (unpaired) electrons. The van der Waals surface area contributed by atoms with Gasteiger partial charge in [-0.3, -0.25) is 19.8 Å². The van der Waals surface area contributed by atoms with E-state index >= 15 is 0 Å². The molecule has 1 fully saturated rings. The number of benzene rings is 2. The van der Waals surface area contributed by atoms with E-state index in [1.165, 1.54) is 11.0 Å². The first-order valence-corrected chi connectivity index (χ1v) is 10.00. The Labute approximate surface area is 184 Å². The maximum Gasteiger partial charge on any atom is 0.270 e. The predicted molar refractivity (Wildman–Crippen MR) is 121 cm³/mol. The SMILES string of the molecule is CCOc1cccc(N2C(=O)C(=Cc3cccn3-c3ccc(O)cc3)C(=O)NC2=S)c1. The van der Waals surface area contributed by atoms with Crippen LogP contribution in [0.2, 0.25) is 0 Å². The molecule has 8 heteroatoms. The highest BCUT2D eigenvalue weighted by molar-refractivity contribution is 7.80. The molecule has 2 aromatic carbocycles. The minimum Gasteiger partial charge on any atom is -0.508 e. The Morgan fingerprint density at radius 3 is 2.58 bits per heavy atom. The summed E-state index contributed by atoms with van der Waals surface area (Å²) < 4.78 is 7.32. The molecule has 0 atom stereocenters. The van der Waals surface area contributed by atoms with Crippen LogP contribution in [0.1, 0.15) is 12.6 Å². The minimum atomic E-state index is -0.564. The van der Waals surface area contributed by atoms with Crippen molar-refractivity contribution in [2.45, 2.75) is 6.92 Å². The number of carbonyl (C=O) groups excluding carboxylic acids is 2. The summed E-state index contributed by atoms with van der Waals surface area (Å²) in [6.45, 7) is 2.35. The molecule has 1 aliphatic rings. The number of aromatic hydroxyl groups is 1. The smallest absolute Gasteiger partial charge is 0.270 e. The van der Waals surface area contributed by atoms with Gasteiger partial charge in [-0.1, -0.05) is 6.07 Å². The molecule has 2 heterocycles. The van der Waals surface area contributed by atoms with E-state index < -0.39 is 11.8 Å². The lowest BCUT2D eigenvalue weighted by Gasteiger charge is -2.29. The molecule has 0 bridgehead atoms. The molecule has 0 spiro atoms. The number of thiocarbonyl (C=S) groups is 1. The van der Waals surface area contributed by atoms with E-state index in [-0.39, 0.29) is 16.4 Å². The summed E-state index contributed by atoms with van der Waals surface area (Å²) in [6, 6.07) is 17.2. The van der Waals surface area contributed by atoms with Crippen molar-refractivity contribution < 1.29 is 19.4 Å². The van der Waals surface area contributed by atoms with Gasteiger partial charge in [-0.2, -0.15) is 0 Å². The highest BCUT2D eigenvalue weighted by Gasteiger charge is 2.34. The quantitative estimate of drug-likeness (QED) is 0.366. The Balaban J connectivity index is 1.72. The van der Waals surface area contributed by atoms with Gasteiger partial charge in [0.15, 0.2) is 5.11 Å². The highest BCUT2D eigenvalue weighted by atomic mass is 32.1. The second kappa shape index (κ2) is 8.45. The molecule has 2 N–H and O–H groups in total. The third kappa shape index (κ3) is 4.06. The van der Waals surface area contributed by atoms with Crippen LogP contribution in [0.15, 0.2) is 72.4 Å². The van der Waals surface area contributed by atoms with Crippen LogP contribution in [-0.4, -0.2) is 33.2 Å².